The smallest absolute Gasteiger partial charge is 0.225 e. The lowest BCUT2D eigenvalue weighted by atomic mass is 9.79. The summed E-state index contributed by atoms with van der Waals surface area (Å²) >= 11 is 0. The average Bonchev–Trinajstić information content (AvgIpc) is 3.27. The second kappa shape index (κ2) is 6.32. The molecule has 5 nitrogen and oxygen atoms in total. The van der Waals surface area contributed by atoms with E-state index in [1.807, 2.05) is 4.90 Å². The molecule has 0 bridgehead atoms. The predicted molar refractivity (Wildman–Crippen MR) is 94.5 cm³/mol. The Hall–Kier alpha value is -1.10. The van der Waals surface area contributed by atoms with Crippen LogP contribution in [0, 0.1) is 11.8 Å². The Balaban J connectivity index is 1.49. The van der Waals surface area contributed by atoms with Gasteiger partial charge in [0.1, 0.15) is 0 Å². The number of amides is 2. The van der Waals surface area contributed by atoms with E-state index in [1.54, 1.807) is 0 Å². The Kier molecular flexibility index (Phi) is 4.67. The van der Waals surface area contributed by atoms with E-state index in [0.717, 1.165) is 51.6 Å². The van der Waals surface area contributed by atoms with Crippen LogP contribution >= 0.6 is 0 Å². The zero-order chi connectivity index (χ0) is 17.5. The summed E-state index contributed by atoms with van der Waals surface area (Å²) in [6, 6.07) is 0.231. The van der Waals surface area contributed by atoms with Crippen LogP contribution in [-0.4, -0.2) is 46.9 Å². The summed E-state index contributed by atoms with van der Waals surface area (Å²) in [6.45, 7) is 10.3. The van der Waals surface area contributed by atoms with Crippen LogP contribution in [0.15, 0.2) is 0 Å². The molecule has 3 rings (SSSR count). The van der Waals surface area contributed by atoms with E-state index in [4.69, 9.17) is 0 Å². The molecule has 0 aromatic heterocycles. The largest absolute Gasteiger partial charge is 0.353 e. The molecule has 0 aromatic carbocycles. The molecule has 2 N–H and O–H groups in total. The first-order valence-corrected chi connectivity index (χ1v) is 9.54. The van der Waals surface area contributed by atoms with Gasteiger partial charge in [0, 0.05) is 42.0 Å². The van der Waals surface area contributed by atoms with Crippen molar-refractivity contribution < 1.29 is 9.59 Å². The molecule has 0 atom stereocenters. The van der Waals surface area contributed by atoms with E-state index in [0.29, 0.717) is 5.91 Å². The number of nitrogens with one attached hydrogen (secondary N) is 2. The molecule has 2 heterocycles. The summed E-state index contributed by atoms with van der Waals surface area (Å²) in [5, 5.41) is 6.95. The van der Waals surface area contributed by atoms with Gasteiger partial charge in [-0.05, 0) is 66.2 Å². The number of carbonyl (C=O) groups excluding carboxylic acids is 2. The molecule has 1 aliphatic carbocycles. The van der Waals surface area contributed by atoms with Crippen molar-refractivity contribution in [2.75, 3.05) is 13.1 Å². The van der Waals surface area contributed by atoms with Gasteiger partial charge in [0.25, 0.3) is 0 Å². The third kappa shape index (κ3) is 4.29. The van der Waals surface area contributed by atoms with Crippen LogP contribution in [0.2, 0.25) is 0 Å². The van der Waals surface area contributed by atoms with E-state index in [9.17, 15) is 9.59 Å². The third-order valence-electron chi connectivity index (χ3n) is 5.64. The maximum Gasteiger partial charge on any atom is 0.225 e. The zero-order valence-electron chi connectivity index (χ0n) is 15.7. The number of likely N-dealkylation sites (tertiary alicyclic amines) is 1. The Morgan fingerprint density at radius 2 is 1.46 bits per heavy atom. The quantitative estimate of drug-likeness (QED) is 0.830. The van der Waals surface area contributed by atoms with Crippen LogP contribution in [0.3, 0.4) is 0 Å². The highest BCUT2D eigenvalue weighted by molar-refractivity contribution is 5.82. The standard InChI is InChI=1S/C19H33N3O2/c1-18(2)11-15(12-19(3,4)21-18)20-16(23)13-7-9-22(10-8-13)17(24)14-5-6-14/h13-15,21H,5-12H2,1-4H3,(H,20,23). The van der Waals surface area contributed by atoms with Gasteiger partial charge in [-0.15, -0.1) is 0 Å². The second-order valence-electron chi connectivity index (χ2n) is 9.38. The molecule has 3 fully saturated rings. The lowest BCUT2D eigenvalue weighted by molar-refractivity contribution is -0.137. The number of hydrogen-bond acceptors (Lipinski definition) is 3. The summed E-state index contributed by atoms with van der Waals surface area (Å²) in [5.74, 6) is 0.853. The summed E-state index contributed by atoms with van der Waals surface area (Å²) in [7, 11) is 0. The van der Waals surface area contributed by atoms with Crippen molar-refractivity contribution in [3.05, 3.63) is 0 Å². The minimum atomic E-state index is 0.0414. The molecule has 0 spiro atoms. The first kappa shape index (κ1) is 17.7. The first-order valence-electron chi connectivity index (χ1n) is 9.54. The number of hydrogen-bond donors (Lipinski definition) is 2. The third-order valence-corrected chi connectivity index (χ3v) is 5.64. The van der Waals surface area contributed by atoms with Crippen molar-refractivity contribution in [3.8, 4) is 0 Å². The van der Waals surface area contributed by atoms with Crippen LogP contribution in [0.1, 0.15) is 66.2 Å². The van der Waals surface area contributed by atoms with Crippen molar-refractivity contribution in [1.82, 2.24) is 15.5 Å². The summed E-state index contributed by atoms with van der Waals surface area (Å²) < 4.78 is 0. The van der Waals surface area contributed by atoms with E-state index in [1.165, 1.54) is 0 Å². The van der Waals surface area contributed by atoms with E-state index in [2.05, 4.69) is 38.3 Å². The average molecular weight is 335 g/mol. The van der Waals surface area contributed by atoms with Crippen LogP contribution < -0.4 is 10.6 Å². The fourth-order valence-corrected chi connectivity index (χ4v) is 4.69. The second-order valence-corrected chi connectivity index (χ2v) is 9.38. The SMILES string of the molecule is CC1(C)CC(NC(=O)C2CCN(C(=O)C3CC3)CC2)CC(C)(C)N1. The molecule has 2 amide bonds. The van der Waals surface area contributed by atoms with Crippen molar-refractivity contribution in [2.24, 2.45) is 11.8 Å². The predicted octanol–water partition coefficient (Wildman–Crippen LogP) is 2.06. The zero-order valence-corrected chi connectivity index (χ0v) is 15.7. The molecular weight excluding hydrogens is 302 g/mol. The molecule has 0 radical (unpaired) electrons. The van der Waals surface area contributed by atoms with Gasteiger partial charge in [-0.2, -0.15) is 0 Å². The fourth-order valence-electron chi connectivity index (χ4n) is 4.69. The van der Waals surface area contributed by atoms with Gasteiger partial charge in [0.2, 0.25) is 11.8 Å². The first-order chi connectivity index (χ1) is 11.2. The van der Waals surface area contributed by atoms with Gasteiger partial charge in [-0.25, -0.2) is 0 Å². The minimum absolute atomic E-state index is 0.0414. The van der Waals surface area contributed by atoms with Crippen LogP contribution in [-0.2, 0) is 9.59 Å². The molecular formula is C19H33N3O2. The van der Waals surface area contributed by atoms with Crippen molar-refractivity contribution in [3.63, 3.8) is 0 Å². The van der Waals surface area contributed by atoms with Crippen LogP contribution in [0.25, 0.3) is 0 Å². The highest BCUT2D eigenvalue weighted by atomic mass is 16.2. The molecule has 2 aliphatic heterocycles. The normalized spacial score (nSPS) is 27.8. The molecule has 24 heavy (non-hydrogen) atoms. The molecule has 1 saturated carbocycles. The highest BCUT2D eigenvalue weighted by Crippen LogP contribution is 2.33. The Morgan fingerprint density at radius 1 is 0.917 bits per heavy atom. The van der Waals surface area contributed by atoms with Gasteiger partial charge in [0.05, 0.1) is 0 Å². The summed E-state index contributed by atoms with van der Waals surface area (Å²) in [6.07, 6.45) is 5.65. The van der Waals surface area contributed by atoms with Gasteiger partial charge >= 0.3 is 0 Å². The lowest BCUT2D eigenvalue weighted by Gasteiger charge is -2.47. The van der Waals surface area contributed by atoms with Crippen molar-refractivity contribution in [1.29, 1.82) is 0 Å². The van der Waals surface area contributed by atoms with Gasteiger partial charge in [-0.1, -0.05) is 0 Å². The molecule has 0 unspecified atom stereocenters. The van der Waals surface area contributed by atoms with Crippen LogP contribution in [0.5, 0.6) is 0 Å². The summed E-state index contributed by atoms with van der Waals surface area (Å²) in [5.41, 5.74) is 0.0828. The van der Waals surface area contributed by atoms with Crippen molar-refractivity contribution >= 4 is 11.8 Å². The Morgan fingerprint density at radius 3 is 1.96 bits per heavy atom. The number of carbonyl (C=O) groups is 2. The van der Waals surface area contributed by atoms with E-state index < -0.39 is 0 Å². The van der Waals surface area contributed by atoms with E-state index >= 15 is 0 Å². The van der Waals surface area contributed by atoms with E-state index in [-0.39, 0.29) is 34.9 Å². The highest BCUT2D eigenvalue weighted by Gasteiger charge is 2.40. The lowest BCUT2D eigenvalue weighted by Crippen LogP contribution is -2.62. The molecule has 136 valence electrons. The molecule has 0 aromatic rings. The number of rotatable bonds is 3. The fraction of sp³-hybridized carbons (Fsp3) is 0.895. The summed E-state index contributed by atoms with van der Waals surface area (Å²) in [4.78, 5) is 26.8. The number of piperidine rings is 2. The van der Waals surface area contributed by atoms with Gasteiger partial charge in [-0.3, -0.25) is 9.59 Å². The maximum absolute atomic E-state index is 12.7. The molecule has 2 saturated heterocycles. The maximum atomic E-state index is 12.7. The van der Waals surface area contributed by atoms with Gasteiger partial charge < -0.3 is 15.5 Å². The topological polar surface area (TPSA) is 61.4 Å². The number of nitrogens with zero attached hydrogens (tertiary/aromatic N) is 1. The van der Waals surface area contributed by atoms with Gasteiger partial charge in [0.15, 0.2) is 0 Å². The Labute approximate surface area is 145 Å². The molecule has 3 aliphatic rings. The monoisotopic (exact) mass is 335 g/mol. The van der Waals surface area contributed by atoms with Crippen LogP contribution in [0.4, 0.5) is 0 Å². The minimum Gasteiger partial charge on any atom is -0.353 e. The Bertz CT molecular complexity index is 487. The molecule has 5 heteroatoms. The van der Waals surface area contributed by atoms with Crippen molar-refractivity contribution in [2.45, 2.75) is 83.3 Å².